The fraction of sp³-hybridized carbons (Fsp3) is 0.875. The summed E-state index contributed by atoms with van der Waals surface area (Å²) in [6, 6.07) is -0.102. The molecule has 1 heterocycles. The van der Waals surface area contributed by atoms with Gasteiger partial charge in [-0.1, -0.05) is 26.2 Å². The Morgan fingerprint density at radius 1 is 1.29 bits per heavy atom. The molecule has 1 aliphatic carbocycles. The van der Waals surface area contributed by atoms with E-state index in [9.17, 15) is 14.7 Å². The van der Waals surface area contributed by atoms with Gasteiger partial charge in [0, 0.05) is 20.1 Å². The molecule has 0 aromatic rings. The lowest BCUT2D eigenvalue weighted by molar-refractivity contribution is -0.148. The summed E-state index contributed by atoms with van der Waals surface area (Å²) in [5.41, 5.74) is -0.976. The summed E-state index contributed by atoms with van der Waals surface area (Å²) in [5, 5.41) is 9.67. The molecule has 2 rings (SSSR count). The second kappa shape index (κ2) is 6.67. The van der Waals surface area contributed by atoms with Crippen LogP contribution in [0.2, 0.25) is 0 Å². The Bertz CT molecular complexity index is 393. The van der Waals surface area contributed by atoms with E-state index >= 15 is 0 Å². The van der Waals surface area contributed by atoms with E-state index in [1.54, 1.807) is 9.80 Å². The van der Waals surface area contributed by atoms with Crippen molar-refractivity contribution in [1.29, 1.82) is 0 Å². The molecule has 21 heavy (non-hydrogen) atoms. The number of aliphatic carboxylic acids is 1. The maximum Gasteiger partial charge on any atom is 0.329 e. The van der Waals surface area contributed by atoms with E-state index in [0.29, 0.717) is 25.3 Å². The molecule has 1 saturated carbocycles. The van der Waals surface area contributed by atoms with Crippen LogP contribution in [-0.4, -0.2) is 52.6 Å². The highest BCUT2D eigenvalue weighted by Gasteiger charge is 2.49. The fourth-order valence-corrected chi connectivity index (χ4v) is 4.02. The first-order chi connectivity index (χ1) is 10.0. The molecule has 1 unspecified atom stereocenters. The van der Waals surface area contributed by atoms with Crippen molar-refractivity contribution in [3.05, 3.63) is 0 Å². The van der Waals surface area contributed by atoms with Crippen LogP contribution in [-0.2, 0) is 4.79 Å². The number of carbonyl (C=O) groups excluding carboxylic acids is 1. The third-order valence-corrected chi connectivity index (χ3v) is 5.11. The molecule has 0 aromatic carbocycles. The predicted octanol–water partition coefficient (Wildman–Crippen LogP) is 2.95. The van der Waals surface area contributed by atoms with E-state index in [4.69, 9.17) is 0 Å². The summed E-state index contributed by atoms with van der Waals surface area (Å²) < 4.78 is 0. The molecule has 2 aliphatic rings. The molecule has 1 N–H and O–H groups in total. The number of nitrogens with zero attached hydrogens (tertiary/aromatic N) is 2. The number of hydrogen-bond acceptors (Lipinski definition) is 2. The lowest BCUT2D eigenvalue weighted by Crippen LogP contribution is -2.56. The van der Waals surface area contributed by atoms with Gasteiger partial charge in [-0.25, -0.2) is 9.59 Å². The molecule has 2 amide bonds. The van der Waals surface area contributed by atoms with Crippen molar-refractivity contribution in [3.8, 4) is 0 Å². The zero-order valence-electron chi connectivity index (χ0n) is 13.3. The van der Waals surface area contributed by atoms with Crippen LogP contribution in [0.3, 0.4) is 0 Å². The molecule has 0 aromatic heterocycles. The molecule has 1 aliphatic heterocycles. The van der Waals surface area contributed by atoms with Crippen molar-refractivity contribution < 1.29 is 14.7 Å². The van der Waals surface area contributed by atoms with Crippen LogP contribution in [0, 0.1) is 5.92 Å². The minimum atomic E-state index is -0.976. The van der Waals surface area contributed by atoms with Crippen LogP contribution in [0.5, 0.6) is 0 Å². The molecule has 5 nitrogen and oxygen atoms in total. The summed E-state index contributed by atoms with van der Waals surface area (Å²) in [5.74, 6) is -0.253. The van der Waals surface area contributed by atoms with E-state index in [2.05, 4.69) is 0 Å². The monoisotopic (exact) mass is 296 g/mol. The topological polar surface area (TPSA) is 60.9 Å². The van der Waals surface area contributed by atoms with Gasteiger partial charge in [0.15, 0.2) is 0 Å². The van der Waals surface area contributed by atoms with Crippen LogP contribution in [0.25, 0.3) is 0 Å². The molecule has 0 spiro atoms. The van der Waals surface area contributed by atoms with E-state index in [0.717, 1.165) is 19.4 Å². The zero-order valence-corrected chi connectivity index (χ0v) is 13.3. The molecule has 0 bridgehead atoms. The number of carboxylic acid groups (broad SMARTS) is 1. The number of carbonyl (C=O) groups is 2. The number of rotatable bonds is 5. The number of hydrogen-bond donors (Lipinski definition) is 1. The molecule has 1 saturated heterocycles. The average Bonchev–Trinajstić information content (AvgIpc) is 3.08. The Kier molecular flexibility index (Phi) is 5.12. The SMILES string of the molecule is CCCC1(C(=O)O)CCCN1C(=O)N(C)CC1CCCC1. The third-order valence-electron chi connectivity index (χ3n) is 5.11. The van der Waals surface area contributed by atoms with Gasteiger partial charge < -0.3 is 14.9 Å². The first-order valence-corrected chi connectivity index (χ1v) is 8.27. The van der Waals surface area contributed by atoms with Crippen molar-refractivity contribution in [3.63, 3.8) is 0 Å². The first-order valence-electron chi connectivity index (χ1n) is 8.27. The highest BCUT2D eigenvalue weighted by molar-refractivity contribution is 5.87. The minimum absolute atomic E-state index is 0.102. The maximum absolute atomic E-state index is 12.7. The van der Waals surface area contributed by atoms with Gasteiger partial charge in [-0.05, 0) is 38.0 Å². The number of amides is 2. The van der Waals surface area contributed by atoms with Gasteiger partial charge in [0.25, 0.3) is 0 Å². The molecule has 2 fully saturated rings. The predicted molar refractivity (Wildman–Crippen MR) is 81.2 cm³/mol. The summed E-state index contributed by atoms with van der Waals surface area (Å²) in [6.07, 6.45) is 7.59. The van der Waals surface area contributed by atoms with Crippen molar-refractivity contribution in [1.82, 2.24) is 9.80 Å². The Hall–Kier alpha value is -1.26. The van der Waals surface area contributed by atoms with Gasteiger partial charge in [-0.2, -0.15) is 0 Å². The number of likely N-dealkylation sites (tertiary alicyclic amines) is 1. The largest absolute Gasteiger partial charge is 0.479 e. The van der Waals surface area contributed by atoms with Crippen molar-refractivity contribution in [2.75, 3.05) is 20.1 Å². The van der Waals surface area contributed by atoms with Crippen LogP contribution in [0.1, 0.15) is 58.3 Å². The van der Waals surface area contributed by atoms with Crippen LogP contribution >= 0.6 is 0 Å². The molecule has 0 radical (unpaired) electrons. The van der Waals surface area contributed by atoms with Gasteiger partial charge in [0.2, 0.25) is 0 Å². The van der Waals surface area contributed by atoms with Gasteiger partial charge in [0.1, 0.15) is 5.54 Å². The smallest absolute Gasteiger partial charge is 0.329 e. The summed E-state index contributed by atoms with van der Waals surface area (Å²) >= 11 is 0. The zero-order chi connectivity index (χ0) is 15.5. The lowest BCUT2D eigenvalue weighted by Gasteiger charge is -2.37. The fourth-order valence-electron chi connectivity index (χ4n) is 4.02. The van der Waals surface area contributed by atoms with Gasteiger partial charge in [-0.3, -0.25) is 0 Å². The summed E-state index contributed by atoms with van der Waals surface area (Å²) in [4.78, 5) is 27.9. The third kappa shape index (κ3) is 3.16. The highest BCUT2D eigenvalue weighted by Crippen LogP contribution is 2.35. The number of carboxylic acids is 1. The van der Waals surface area contributed by atoms with E-state index in [1.165, 1.54) is 25.7 Å². The van der Waals surface area contributed by atoms with E-state index in [1.807, 2.05) is 14.0 Å². The Morgan fingerprint density at radius 3 is 2.52 bits per heavy atom. The van der Waals surface area contributed by atoms with Crippen LogP contribution in [0.15, 0.2) is 0 Å². The average molecular weight is 296 g/mol. The standard InChI is InChI=1S/C16H28N2O3/c1-3-9-16(14(19)20)10-6-11-18(16)15(21)17(2)12-13-7-4-5-8-13/h13H,3-12H2,1-2H3,(H,19,20). The summed E-state index contributed by atoms with van der Waals surface area (Å²) in [6.45, 7) is 3.31. The Morgan fingerprint density at radius 2 is 1.95 bits per heavy atom. The molecule has 120 valence electrons. The number of urea groups is 1. The van der Waals surface area contributed by atoms with Gasteiger partial charge in [-0.15, -0.1) is 0 Å². The second-order valence-electron chi connectivity index (χ2n) is 6.66. The van der Waals surface area contributed by atoms with Crippen molar-refractivity contribution >= 4 is 12.0 Å². The first kappa shape index (κ1) is 16.1. The lowest BCUT2D eigenvalue weighted by atomic mass is 9.91. The van der Waals surface area contributed by atoms with Gasteiger partial charge >= 0.3 is 12.0 Å². The van der Waals surface area contributed by atoms with Gasteiger partial charge in [0.05, 0.1) is 0 Å². The van der Waals surface area contributed by atoms with Crippen molar-refractivity contribution in [2.24, 2.45) is 5.92 Å². The van der Waals surface area contributed by atoms with Crippen molar-refractivity contribution in [2.45, 2.75) is 63.8 Å². The molecule has 1 atom stereocenters. The Labute approximate surface area is 127 Å². The normalized spacial score (nSPS) is 26.3. The van der Waals surface area contributed by atoms with E-state index < -0.39 is 11.5 Å². The van der Waals surface area contributed by atoms with Crippen LogP contribution < -0.4 is 0 Å². The van der Waals surface area contributed by atoms with Crippen LogP contribution in [0.4, 0.5) is 4.79 Å². The Balaban J connectivity index is 2.06. The quantitative estimate of drug-likeness (QED) is 0.848. The maximum atomic E-state index is 12.7. The molecular weight excluding hydrogens is 268 g/mol. The molecule has 5 heteroatoms. The molecular formula is C16H28N2O3. The minimum Gasteiger partial charge on any atom is -0.479 e. The highest BCUT2D eigenvalue weighted by atomic mass is 16.4. The second-order valence-corrected chi connectivity index (χ2v) is 6.66. The summed E-state index contributed by atoms with van der Waals surface area (Å²) in [7, 11) is 1.82. The van der Waals surface area contributed by atoms with E-state index in [-0.39, 0.29) is 6.03 Å².